The molecule has 1 heterocycles. The Bertz CT molecular complexity index is 548. The average Bonchev–Trinajstić information content (AvgIpc) is 2.32. The lowest BCUT2D eigenvalue weighted by atomic mass is 9.91. The van der Waals surface area contributed by atoms with Gasteiger partial charge in [-0.15, -0.1) is 0 Å². The zero-order chi connectivity index (χ0) is 13.2. The van der Waals surface area contributed by atoms with Crippen LogP contribution in [0, 0.1) is 0 Å². The molecule has 1 aromatic carbocycles. The highest BCUT2D eigenvalue weighted by atomic mass is 32.2. The summed E-state index contributed by atoms with van der Waals surface area (Å²) >= 11 is 0. The number of sulfone groups is 1. The lowest BCUT2D eigenvalue weighted by Crippen LogP contribution is -2.20. The topological polar surface area (TPSA) is 71.4 Å². The van der Waals surface area contributed by atoms with Gasteiger partial charge in [0, 0.05) is 6.42 Å². The highest BCUT2D eigenvalue weighted by molar-refractivity contribution is 7.91. The van der Waals surface area contributed by atoms with Crippen LogP contribution in [0.2, 0.25) is 0 Å². The molecule has 0 aliphatic carbocycles. The Kier molecular flexibility index (Phi) is 3.71. The van der Waals surface area contributed by atoms with Crippen LogP contribution in [0.25, 0.3) is 0 Å². The molecule has 18 heavy (non-hydrogen) atoms. The summed E-state index contributed by atoms with van der Waals surface area (Å²) in [5, 5.41) is 8.63. The van der Waals surface area contributed by atoms with Crippen molar-refractivity contribution in [1.82, 2.24) is 0 Å². The molecule has 1 N–H and O–H groups in total. The van der Waals surface area contributed by atoms with Crippen LogP contribution in [0.1, 0.15) is 37.2 Å². The van der Waals surface area contributed by atoms with E-state index >= 15 is 0 Å². The molecule has 0 aromatic heterocycles. The Morgan fingerprint density at radius 1 is 1.33 bits per heavy atom. The number of carbonyl (C=O) groups is 1. The number of hydrogen-bond donors (Lipinski definition) is 1. The lowest BCUT2D eigenvalue weighted by Gasteiger charge is -2.25. The van der Waals surface area contributed by atoms with E-state index in [0.29, 0.717) is 17.7 Å². The van der Waals surface area contributed by atoms with E-state index in [0.717, 1.165) is 12.0 Å². The number of fused-ring (bicyclic) bond motifs is 1. The van der Waals surface area contributed by atoms with Crippen molar-refractivity contribution >= 4 is 15.8 Å². The van der Waals surface area contributed by atoms with Crippen molar-refractivity contribution in [3.05, 3.63) is 29.8 Å². The molecular weight excluding hydrogens is 252 g/mol. The number of hydrogen-bond acceptors (Lipinski definition) is 3. The van der Waals surface area contributed by atoms with Gasteiger partial charge >= 0.3 is 5.97 Å². The van der Waals surface area contributed by atoms with Crippen molar-refractivity contribution in [2.24, 2.45) is 0 Å². The molecule has 5 heteroatoms. The molecule has 1 unspecified atom stereocenters. The summed E-state index contributed by atoms with van der Waals surface area (Å²) in [7, 11) is -3.13. The van der Waals surface area contributed by atoms with Crippen molar-refractivity contribution in [2.75, 3.05) is 5.75 Å². The summed E-state index contributed by atoms with van der Waals surface area (Å²) in [6, 6.07) is 7.06. The van der Waals surface area contributed by atoms with E-state index in [4.69, 9.17) is 5.11 Å². The fraction of sp³-hybridized carbons (Fsp3) is 0.462. The van der Waals surface area contributed by atoms with Gasteiger partial charge in [0.25, 0.3) is 0 Å². The van der Waals surface area contributed by atoms with Crippen LogP contribution in [0.15, 0.2) is 29.2 Å². The molecular formula is C13H16O4S. The van der Waals surface area contributed by atoms with Gasteiger partial charge < -0.3 is 5.11 Å². The molecule has 0 radical (unpaired) electrons. The molecule has 0 fully saturated rings. The van der Waals surface area contributed by atoms with E-state index in [-0.39, 0.29) is 18.1 Å². The van der Waals surface area contributed by atoms with Crippen LogP contribution in [0.4, 0.5) is 0 Å². The molecule has 0 saturated heterocycles. The summed E-state index contributed by atoms with van der Waals surface area (Å²) in [4.78, 5) is 10.9. The van der Waals surface area contributed by atoms with Gasteiger partial charge in [0.05, 0.1) is 10.6 Å². The van der Waals surface area contributed by atoms with Crippen molar-refractivity contribution in [3.8, 4) is 0 Å². The first-order chi connectivity index (χ1) is 8.50. The third-order valence-electron chi connectivity index (χ3n) is 3.37. The number of carboxylic acid groups (broad SMARTS) is 1. The molecule has 2 rings (SSSR count). The second-order valence-electron chi connectivity index (χ2n) is 4.63. The zero-order valence-electron chi connectivity index (χ0n) is 10.0. The van der Waals surface area contributed by atoms with E-state index < -0.39 is 15.8 Å². The predicted octanol–water partition coefficient (Wildman–Crippen LogP) is 2.20. The Hall–Kier alpha value is -1.36. The second-order valence-corrected chi connectivity index (χ2v) is 6.71. The maximum Gasteiger partial charge on any atom is 0.303 e. The summed E-state index contributed by atoms with van der Waals surface area (Å²) in [5.74, 6) is -0.460. The van der Waals surface area contributed by atoms with Crippen LogP contribution >= 0.6 is 0 Å². The number of rotatable bonds is 4. The predicted molar refractivity (Wildman–Crippen MR) is 67.3 cm³/mol. The number of benzene rings is 1. The molecule has 0 bridgehead atoms. The summed E-state index contributed by atoms with van der Waals surface area (Å²) in [6.45, 7) is 0. The first-order valence-electron chi connectivity index (χ1n) is 6.04. The molecule has 98 valence electrons. The van der Waals surface area contributed by atoms with E-state index in [1.807, 2.05) is 12.1 Å². The molecule has 1 aromatic rings. The Labute approximate surface area is 107 Å². The fourth-order valence-electron chi connectivity index (χ4n) is 2.46. The van der Waals surface area contributed by atoms with Gasteiger partial charge in [0.15, 0.2) is 9.84 Å². The van der Waals surface area contributed by atoms with Crippen molar-refractivity contribution in [2.45, 2.75) is 36.5 Å². The molecule has 1 aliphatic rings. The quantitative estimate of drug-likeness (QED) is 0.908. The summed E-state index contributed by atoms with van der Waals surface area (Å²) in [6.07, 6.45) is 2.07. The molecule has 4 nitrogen and oxygen atoms in total. The SMILES string of the molecule is O=C(O)CCCC1CCS(=O)(=O)c2ccccc21. The zero-order valence-corrected chi connectivity index (χ0v) is 10.8. The minimum atomic E-state index is -3.13. The monoisotopic (exact) mass is 268 g/mol. The average molecular weight is 268 g/mol. The fourth-order valence-corrected chi connectivity index (χ4v) is 4.16. The standard InChI is InChI=1S/C13H16O4S/c14-13(15)7-3-4-10-8-9-18(16,17)12-6-2-1-5-11(10)12/h1-2,5-6,10H,3-4,7-9H2,(H,14,15). The van der Waals surface area contributed by atoms with E-state index in [1.54, 1.807) is 12.1 Å². The summed E-state index contributed by atoms with van der Waals surface area (Å²) in [5.41, 5.74) is 0.856. The Morgan fingerprint density at radius 2 is 2.06 bits per heavy atom. The van der Waals surface area contributed by atoms with Crippen molar-refractivity contribution in [3.63, 3.8) is 0 Å². The van der Waals surface area contributed by atoms with E-state index in [1.165, 1.54) is 0 Å². The van der Waals surface area contributed by atoms with Gasteiger partial charge in [-0.25, -0.2) is 8.42 Å². The minimum absolute atomic E-state index is 0.144. The molecule has 0 saturated carbocycles. The molecule has 0 amide bonds. The van der Waals surface area contributed by atoms with E-state index in [9.17, 15) is 13.2 Å². The minimum Gasteiger partial charge on any atom is -0.481 e. The van der Waals surface area contributed by atoms with Crippen LogP contribution in [0.5, 0.6) is 0 Å². The molecule has 1 atom stereocenters. The van der Waals surface area contributed by atoms with Crippen molar-refractivity contribution in [1.29, 1.82) is 0 Å². The molecule has 0 spiro atoms. The lowest BCUT2D eigenvalue weighted by molar-refractivity contribution is -0.137. The van der Waals surface area contributed by atoms with Gasteiger partial charge in [0.1, 0.15) is 0 Å². The highest BCUT2D eigenvalue weighted by Gasteiger charge is 2.29. The first-order valence-corrected chi connectivity index (χ1v) is 7.69. The van der Waals surface area contributed by atoms with Crippen LogP contribution < -0.4 is 0 Å². The van der Waals surface area contributed by atoms with Gasteiger partial charge in [-0.05, 0) is 36.8 Å². The third-order valence-corrected chi connectivity index (χ3v) is 5.19. The van der Waals surface area contributed by atoms with Gasteiger partial charge in [-0.3, -0.25) is 4.79 Å². The Balaban J connectivity index is 2.18. The van der Waals surface area contributed by atoms with E-state index in [2.05, 4.69) is 0 Å². The van der Waals surface area contributed by atoms with Crippen molar-refractivity contribution < 1.29 is 18.3 Å². The maximum atomic E-state index is 11.9. The smallest absolute Gasteiger partial charge is 0.303 e. The third kappa shape index (κ3) is 2.72. The normalized spacial score (nSPS) is 21.2. The maximum absolute atomic E-state index is 11.9. The summed E-state index contributed by atoms with van der Waals surface area (Å²) < 4.78 is 23.8. The van der Waals surface area contributed by atoms with Crippen LogP contribution in [0.3, 0.4) is 0 Å². The Morgan fingerprint density at radius 3 is 2.78 bits per heavy atom. The highest BCUT2D eigenvalue weighted by Crippen LogP contribution is 2.36. The number of aliphatic carboxylic acids is 1. The second kappa shape index (κ2) is 5.10. The largest absolute Gasteiger partial charge is 0.481 e. The first kappa shape index (κ1) is 13.1. The van der Waals surface area contributed by atoms with Gasteiger partial charge in [-0.2, -0.15) is 0 Å². The van der Waals surface area contributed by atoms with Gasteiger partial charge in [0.2, 0.25) is 0 Å². The molecule has 1 aliphatic heterocycles. The van der Waals surface area contributed by atoms with Crippen LogP contribution in [-0.4, -0.2) is 25.2 Å². The van der Waals surface area contributed by atoms with Gasteiger partial charge in [-0.1, -0.05) is 18.2 Å². The van der Waals surface area contributed by atoms with Crippen LogP contribution in [-0.2, 0) is 14.6 Å². The number of carboxylic acids is 1.